The largest absolute Gasteiger partial charge is 0.372 e. The van der Waals surface area contributed by atoms with Gasteiger partial charge in [0.2, 0.25) is 0 Å². The Bertz CT molecular complexity index is 382. The number of ether oxygens (including phenoxy) is 1. The second kappa shape index (κ2) is 5.38. The molecule has 0 radical (unpaired) electrons. The van der Waals surface area contributed by atoms with E-state index >= 15 is 0 Å². The highest BCUT2D eigenvalue weighted by molar-refractivity contribution is 7.98. The number of nitriles is 1. The molecule has 1 aliphatic rings. The van der Waals surface area contributed by atoms with Gasteiger partial charge in [-0.15, -0.1) is 11.8 Å². The fourth-order valence-corrected chi connectivity index (χ4v) is 2.44. The molecule has 2 nitrogen and oxygen atoms in total. The molecule has 0 saturated carbocycles. The first-order chi connectivity index (χ1) is 7.85. The highest BCUT2D eigenvalue weighted by atomic mass is 32.2. The van der Waals surface area contributed by atoms with Gasteiger partial charge in [0.25, 0.3) is 0 Å². The van der Waals surface area contributed by atoms with Gasteiger partial charge in [0.1, 0.15) is 0 Å². The van der Waals surface area contributed by atoms with Gasteiger partial charge in [0.05, 0.1) is 18.1 Å². The Balaban J connectivity index is 2.18. The van der Waals surface area contributed by atoms with E-state index in [2.05, 4.69) is 36.6 Å². The lowest BCUT2D eigenvalue weighted by Gasteiger charge is -2.27. The molecule has 0 aliphatic carbocycles. The number of rotatable bonds is 2. The summed E-state index contributed by atoms with van der Waals surface area (Å²) in [6.07, 6.45) is 3.97. The lowest BCUT2D eigenvalue weighted by Crippen LogP contribution is -2.21. The van der Waals surface area contributed by atoms with Crippen molar-refractivity contribution in [2.24, 2.45) is 5.92 Å². The zero-order valence-corrected chi connectivity index (χ0v) is 10.2. The Labute approximate surface area is 101 Å². The van der Waals surface area contributed by atoms with E-state index in [-0.39, 0.29) is 12.0 Å². The van der Waals surface area contributed by atoms with Crippen molar-refractivity contribution in [2.45, 2.75) is 23.8 Å². The third kappa shape index (κ3) is 2.40. The monoisotopic (exact) mass is 233 g/mol. The molecule has 0 bridgehead atoms. The van der Waals surface area contributed by atoms with Crippen molar-refractivity contribution >= 4 is 11.8 Å². The number of thioether (sulfide) groups is 1. The van der Waals surface area contributed by atoms with E-state index in [0.717, 1.165) is 25.0 Å². The predicted molar refractivity (Wildman–Crippen MR) is 65.3 cm³/mol. The zero-order chi connectivity index (χ0) is 11.4. The highest BCUT2D eigenvalue weighted by Gasteiger charge is 2.27. The van der Waals surface area contributed by atoms with E-state index in [1.165, 1.54) is 4.90 Å². The van der Waals surface area contributed by atoms with Crippen LogP contribution in [0.3, 0.4) is 0 Å². The molecule has 84 valence electrons. The van der Waals surface area contributed by atoms with Crippen molar-refractivity contribution < 1.29 is 4.74 Å². The minimum atomic E-state index is -0.0327. The topological polar surface area (TPSA) is 33.0 Å². The molecule has 1 heterocycles. The first-order valence-electron chi connectivity index (χ1n) is 5.50. The maximum atomic E-state index is 9.09. The van der Waals surface area contributed by atoms with Crippen molar-refractivity contribution in [1.82, 2.24) is 0 Å². The van der Waals surface area contributed by atoms with Crippen LogP contribution in [0.2, 0.25) is 0 Å². The molecule has 1 aliphatic heterocycles. The molecule has 0 aromatic heterocycles. The quantitative estimate of drug-likeness (QED) is 0.734. The Morgan fingerprint density at radius 1 is 1.38 bits per heavy atom. The molecular weight excluding hydrogens is 218 g/mol. The Morgan fingerprint density at radius 2 is 2.12 bits per heavy atom. The average Bonchev–Trinajstić information content (AvgIpc) is 2.39. The van der Waals surface area contributed by atoms with Crippen LogP contribution in [0.25, 0.3) is 0 Å². The summed E-state index contributed by atoms with van der Waals surface area (Å²) in [5, 5.41) is 9.09. The number of nitrogens with zero attached hydrogens (tertiary/aromatic N) is 1. The summed E-state index contributed by atoms with van der Waals surface area (Å²) in [7, 11) is 0. The molecule has 0 N–H and O–H groups in total. The average molecular weight is 233 g/mol. The Morgan fingerprint density at radius 3 is 2.75 bits per heavy atom. The maximum Gasteiger partial charge on any atom is 0.0982 e. The van der Waals surface area contributed by atoms with Crippen molar-refractivity contribution in [3.8, 4) is 6.07 Å². The maximum absolute atomic E-state index is 9.09. The summed E-state index contributed by atoms with van der Waals surface area (Å²) in [5.74, 6) is 0.00822. The van der Waals surface area contributed by atoms with Gasteiger partial charge in [-0.25, -0.2) is 0 Å². The smallest absolute Gasteiger partial charge is 0.0982 e. The third-order valence-electron chi connectivity index (χ3n) is 2.93. The summed E-state index contributed by atoms with van der Waals surface area (Å²) in [6.45, 7) is 0.771. The van der Waals surface area contributed by atoms with E-state index in [4.69, 9.17) is 10.00 Å². The van der Waals surface area contributed by atoms with Crippen LogP contribution >= 0.6 is 11.8 Å². The lowest BCUT2D eigenvalue weighted by molar-refractivity contribution is -0.0102. The van der Waals surface area contributed by atoms with Gasteiger partial charge in [-0.05, 0) is 36.8 Å². The number of benzene rings is 1. The van der Waals surface area contributed by atoms with Crippen molar-refractivity contribution in [3.05, 3.63) is 29.8 Å². The van der Waals surface area contributed by atoms with Crippen LogP contribution in [0, 0.1) is 17.2 Å². The third-order valence-corrected chi connectivity index (χ3v) is 3.68. The van der Waals surface area contributed by atoms with Crippen molar-refractivity contribution in [3.63, 3.8) is 0 Å². The molecule has 3 heteroatoms. The summed E-state index contributed by atoms with van der Waals surface area (Å²) < 4.78 is 5.71. The van der Waals surface area contributed by atoms with E-state index in [1.54, 1.807) is 11.8 Å². The van der Waals surface area contributed by atoms with E-state index in [9.17, 15) is 0 Å². The normalized spacial score (nSPS) is 25.0. The van der Waals surface area contributed by atoms with E-state index in [0.29, 0.717) is 0 Å². The first kappa shape index (κ1) is 11.5. The minimum absolute atomic E-state index is 0.00822. The van der Waals surface area contributed by atoms with Crippen LogP contribution in [0.1, 0.15) is 24.5 Å². The lowest BCUT2D eigenvalue weighted by atomic mass is 9.91. The molecule has 0 spiro atoms. The Kier molecular flexibility index (Phi) is 3.87. The van der Waals surface area contributed by atoms with E-state index < -0.39 is 0 Å². The second-order valence-corrected chi connectivity index (χ2v) is 4.82. The Hall–Kier alpha value is -0.980. The fourth-order valence-electron chi connectivity index (χ4n) is 2.04. The van der Waals surface area contributed by atoms with Crippen LogP contribution < -0.4 is 0 Å². The second-order valence-electron chi connectivity index (χ2n) is 3.94. The van der Waals surface area contributed by atoms with Gasteiger partial charge < -0.3 is 4.74 Å². The van der Waals surface area contributed by atoms with Crippen molar-refractivity contribution in [2.75, 3.05) is 12.9 Å². The van der Waals surface area contributed by atoms with Crippen LogP contribution in [0.5, 0.6) is 0 Å². The van der Waals surface area contributed by atoms with Gasteiger partial charge >= 0.3 is 0 Å². The molecule has 1 aromatic rings. The van der Waals surface area contributed by atoms with Crippen LogP contribution in [-0.2, 0) is 4.74 Å². The summed E-state index contributed by atoms with van der Waals surface area (Å²) in [6, 6.07) is 10.7. The zero-order valence-electron chi connectivity index (χ0n) is 9.35. The minimum Gasteiger partial charge on any atom is -0.372 e. The van der Waals surface area contributed by atoms with Crippen LogP contribution in [0.4, 0.5) is 0 Å². The fraction of sp³-hybridized carbons (Fsp3) is 0.462. The number of hydrogen-bond donors (Lipinski definition) is 0. The predicted octanol–water partition coefficient (Wildman–Crippen LogP) is 3.40. The summed E-state index contributed by atoms with van der Waals surface area (Å²) in [5.41, 5.74) is 1.13. The highest BCUT2D eigenvalue weighted by Crippen LogP contribution is 2.33. The molecular formula is C13H15NOS. The molecule has 2 unspecified atom stereocenters. The van der Waals surface area contributed by atoms with Crippen molar-refractivity contribution in [1.29, 1.82) is 5.26 Å². The standard InChI is InChI=1S/C13H15NOS/c1-16-12-6-4-10(5-7-12)13-11(9-14)3-2-8-15-13/h4-7,11,13H,2-3,8H2,1H3. The van der Waals surface area contributed by atoms with Gasteiger partial charge in [-0.1, -0.05) is 12.1 Å². The molecule has 0 amide bonds. The van der Waals surface area contributed by atoms with Gasteiger partial charge in [-0.2, -0.15) is 5.26 Å². The van der Waals surface area contributed by atoms with Crippen LogP contribution in [0.15, 0.2) is 29.2 Å². The SMILES string of the molecule is CSc1ccc(C2OCCCC2C#N)cc1. The van der Waals surface area contributed by atoms with Crippen LogP contribution in [-0.4, -0.2) is 12.9 Å². The van der Waals surface area contributed by atoms with Gasteiger partial charge in [-0.3, -0.25) is 0 Å². The van der Waals surface area contributed by atoms with Gasteiger partial charge in [0, 0.05) is 11.5 Å². The molecule has 2 rings (SSSR count). The molecule has 1 aromatic carbocycles. The van der Waals surface area contributed by atoms with E-state index in [1.807, 2.05) is 0 Å². The molecule has 1 saturated heterocycles. The summed E-state index contributed by atoms with van der Waals surface area (Å²) in [4.78, 5) is 1.24. The first-order valence-corrected chi connectivity index (χ1v) is 6.73. The molecule has 1 fully saturated rings. The number of hydrogen-bond acceptors (Lipinski definition) is 3. The summed E-state index contributed by atoms with van der Waals surface area (Å²) >= 11 is 1.72. The molecule has 16 heavy (non-hydrogen) atoms. The van der Waals surface area contributed by atoms with Gasteiger partial charge in [0.15, 0.2) is 0 Å². The molecule has 2 atom stereocenters.